The van der Waals surface area contributed by atoms with Crippen molar-refractivity contribution in [1.29, 1.82) is 0 Å². The molecule has 5 heteroatoms. The Morgan fingerprint density at radius 2 is 2.32 bits per heavy atom. The van der Waals surface area contributed by atoms with Crippen molar-refractivity contribution in [3.63, 3.8) is 0 Å². The molecule has 0 radical (unpaired) electrons. The predicted octanol–water partition coefficient (Wildman–Crippen LogP) is 2.25. The van der Waals surface area contributed by atoms with E-state index < -0.39 is 0 Å². The Labute approximate surface area is 132 Å². The first kappa shape index (κ1) is 15.5. The first-order valence-corrected chi connectivity index (χ1v) is 8.51. The number of rotatable bonds is 5. The van der Waals surface area contributed by atoms with Crippen molar-refractivity contribution in [3.05, 3.63) is 18.2 Å². The molecule has 1 aromatic heterocycles. The van der Waals surface area contributed by atoms with Gasteiger partial charge in [0, 0.05) is 45.4 Å². The molecule has 1 amide bonds. The van der Waals surface area contributed by atoms with Crippen molar-refractivity contribution in [1.82, 2.24) is 14.5 Å². The van der Waals surface area contributed by atoms with Gasteiger partial charge >= 0.3 is 0 Å². The van der Waals surface area contributed by atoms with Crippen molar-refractivity contribution in [2.24, 2.45) is 5.92 Å². The van der Waals surface area contributed by atoms with Crippen molar-refractivity contribution < 1.29 is 9.53 Å². The second-order valence-corrected chi connectivity index (χ2v) is 6.86. The van der Waals surface area contributed by atoms with Gasteiger partial charge in [-0.3, -0.25) is 4.79 Å². The van der Waals surface area contributed by atoms with Gasteiger partial charge in [-0.05, 0) is 38.5 Å². The Kier molecular flexibility index (Phi) is 4.81. The predicted molar refractivity (Wildman–Crippen MR) is 84.5 cm³/mol. The van der Waals surface area contributed by atoms with Crippen LogP contribution in [0.15, 0.2) is 12.4 Å². The zero-order valence-electron chi connectivity index (χ0n) is 13.7. The average molecular weight is 305 g/mol. The summed E-state index contributed by atoms with van der Waals surface area (Å²) in [5, 5.41) is 0. The van der Waals surface area contributed by atoms with Crippen LogP contribution in [0.3, 0.4) is 0 Å². The maximum absolute atomic E-state index is 12.3. The van der Waals surface area contributed by atoms with Crippen LogP contribution >= 0.6 is 0 Å². The van der Waals surface area contributed by atoms with Crippen LogP contribution in [-0.2, 0) is 22.5 Å². The molecule has 5 nitrogen and oxygen atoms in total. The van der Waals surface area contributed by atoms with E-state index in [0.29, 0.717) is 18.4 Å². The first-order valence-electron chi connectivity index (χ1n) is 8.51. The van der Waals surface area contributed by atoms with Crippen LogP contribution in [0.1, 0.15) is 44.9 Å². The van der Waals surface area contributed by atoms with Crippen LogP contribution in [-0.4, -0.2) is 46.2 Å². The fraction of sp³-hybridized carbons (Fsp3) is 0.765. The molecule has 22 heavy (non-hydrogen) atoms. The van der Waals surface area contributed by atoms with Crippen molar-refractivity contribution in [3.8, 4) is 0 Å². The number of imidazole rings is 1. The van der Waals surface area contributed by atoms with E-state index in [1.165, 1.54) is 5.82 Å². The van der Waals surface area contributed by atoms with Gasteiger partial charge < -0.3 is 14.2 Å². The Morgan fingerprint density at radius 1 is 1.45 bits per heavy atom. The van der Waals surface area contributed by atoms with E-state index in [9.17, 15) is 4.79 Å². The number of hydrogen-bond donors (Lipinski definition) is 0. The molecule has 2 aliphatic rings. The lowest BCUT2D eigenvalue weighted by atomic mass is 9.98. The number of carbonyl (C=O) groups is 1. The summed E-state index contributed by atoms with van der Waals surface area (Å²) < 4.78 is 8.01. The molecule has 0 bridgehead atoms. The van der Waals surface area contributed by atoms with Crippen molar-refractivity contribution >= 4 is 5.91 Å². The van der Waals surface area contributed by atoms with Gasteiger partial charge in [0.2, 0.25) is 5.91 Å². The molecule has 0 unspecified atom stereocenters. The van der Waals surface area contributed by atoms with Crippen molar-refractivity contribution in [2.45, 2.75) is 64.2 Å². The summed E-state index contributed by atoms with van der Waals surface area (Å²) >= 11 is 0. The molecule has 3 heterocycles. The molecule has 0 aromatic carbocycles. The number of hydrogen-bond acceptors (Lipinski definition) is 3. The summed E-state index contributed by atoms with van der Waals surface area (Å²) in [7, 11) is 1.93. The summed E-state index contributed by atoms with van der Waals surface area (Å²) in [6, 6.07) is 0. The quantitative estimate of drug-likeness (QED) is 0.838. The third kappa shape index (κ3) is 3.69. The molecular weight excluding hydrogens is 278 g/mol. The standard InChI is InChI=1S/C17H27N3O2/c1-13-3-5-15(22-13)6-8-17(21)19(2)11-14-4-7-16-18-9-10-20(16)12-14/h9-10,13-15H,3-8,11-12H2,1-2H3/t13-,14+,15-/m1/s1. The topological polar surface area (TPSA) is 47.4 Å². The van der Waals surface area contributed by atoms with E-state index in [1.54, 1.807) is 0 Å². The average Bonchev–Trinajstić information content (AvgIpc) is 3.12. The van der Waals surface area contributed by atoms with E-state index in [1.807, 2.05) is 24.3 Å². The van der Waals surface area contributed by atoms with E-state index in [0.717, 1.165) is 45.2 Å². The molecule has 0 aliphatic carbocycles. The van der Waals surface area contributed by atoms with Crippen LogP contribution in [0, 0.1) is 5.92 Å². The molecule has 122 valence electrons. The summed E-state index contributed by atoms with van der Waals surface area (Å²) in [5.41, 5.74) is 0. The Balaban J connectivity index is 1.42. The Bertz CT molecular complexity index is 514. The fourth-order valence-corrected chi connectivity index (χ4v) is 3.65. The Hall–Kier alpha value is -1.36. The van der Waals surface area contributed by atoms with Gasteiger partial charge in [-0.2, -0.15) is 0 Å². The number of carbonyl (C=O) groups excluding carboxylic acids is 1. The number of nitrogens with zero attached hydrogens (tertiary/aromatic N) is 3. The summed E-state index contributed by atoms with van der Waals surface area (Å²) in [6.45, 7) is 3.94. The summed E-state index contributed by atoms with van der Waals surface area (Å²) in [4.78, 5) is 18.6. The SMILES string of the molecule is C[C@@H]1CC[C@H](CCC(=O)N(C)C[C@@H]2CCc3nccn3C2)O1. The van der Waals surface area contributed by atoms with E-state index in [-0.39, 0.29) is 12.0 Å². The molecule has 0 spiro atoms. The van der Waals surface area contributed by atoms with Gasteiger partial charge in [0.05, 0.1) is 12.2 Å². The second kappa shape index (κ2) is 6.82. The number of aryl methyl sites for hydroxylation is 1. The van der Waals surface area contributed by atoms with Gasteiger partial charge in [0.1, 0.15) is 5.82 Å². The maximum atomic E-state index is 12.3. The Morgan fingerprint density at radius 3 is 3.09 bits per heavy atom. The molecular formula is C17H27N3O2. The van der Waals surface area contributed by atoms with Crippen LogP contribution in [0.25, 0.3) is 0 Å². The number of aromatic nitrogens is 2. The fourth-order valence-electron chi connectivity index (χ4n) is 3.65. The summed E-state index contributed by atoms with van der Waals surface area (Å²) in [5.74, 6) is 1.97. The summed E-state index contributed by atoms with van der Waals surface area (Å²) in [6.07, 6.45) is 10.4. The van der Waals surface area contributed by atoms with Gasteiger partial charge in [0.25, 0.3) is 0 Å². The zero-order chi connectivity index (χ0) is 15.5. The zero-order valence-corrected chi connectivity index (χ0v) is 13.7. The van der Waals surface area contributed by atoms with Crippen molar-refractivity contribution in [2.75, 3.05) is 13.6 Å². The lowest BCUT2D eigenvalue weighted by molar-refractivity contribution is -0.131. The van der Waals surface area contributed by atoms with Gasteiger partial charge in [0.15, 0.2) is 0 Å². The lowest BCUT2D eigenvalue weighted by Gasteiger charge is -2.28. The molecule has 1 fully saturated rings. The van der Waals surface area contributed by atoms with Crippen LogP contribution < -0.4 is 0 Å². The molecule has 0 N–H and O–H groups in total. The third-order valence-corrected chi connectivity index (χ3v) is 4.99. The third-order valence-electron chi connectivity index (χ3n) is 4.99. The molecule has 1 aromatic rings. The largest absolute Gasteiger partial charge is 0.375 e. The molecule has 3 atom stereocenters. The highest BCUT2D eigenvalue weighted by molar-refractivity contribution is 5.75. The van der Waals surface area contributed by atoms with Crippen LogP contribution in [0.5, 0.6) is 0 Å². The molecule has 2 aliphatic heterocycles. The second-order valence-electron chi connectivity index (χ2n) is 6.86. The van der Waals surface area contributed by atoms with E-state index in [2.05, 4.69) is 16.5 Å². The highest BCUT2D eigenvalue weighted by atomic mass is 16.5. The number of fused-ring (bicyclic) bond motifs is 1. The van der Waals surface area contributed by atoms with Gasteiger partial charge in [-0.15, -0.1) is 0 Å². The molecule has 1 saturated heterocycles. The number of amides is 1. The maximum Gasteiger partial charge on any atom is 0.222 e. The van der Waals surface area contributed by atoms with Gasteiger partial charge in [-0.1, -0.05) is 0 Å². The minimum absolute atomic E-state index is 0.250. The minimum Gasteiger partial charge on any atom is -0.375 e. The minimum atomic E-state index is 0.250. The number of ether oxygens (including phenoxy) is 1. The van der Waals surface area contributed by atoms with Crippen LogP contribution in [0.4, 0.5) is 0 Å². The smallest absolute Gasteiger partial charge is 0.222 e. The monoisotopic (exact) mass is 305 g/mol. The van der Waals surface area contributed by atoms with Gasteiger partial charge in [-0.25, -0.2) is 4.98 Å². The highest BCUT2D eigenvalue weighted by Gasteiger charge is 2.24. The van der Waals surface area contributed by atoms with E-state index >= 15 is 0 Å². The molecule has 0 saturated carbocycles. The van der Waals surface area contributed by atoms with Crippen LogP contribution in [0.2, 0.25) is 0 Å². The first-order chi connectivity index (χ1) is 10.6. The lowest BCUT2D eigenvalue weighted by Crippen LogP contribution is -2.35. The normalized spacial score (nSPS) is 27.6. The van der Waals surface area contributed by atoms with E-state index in [4.69, 9.17) is 4.74 Å². The highest BCUT2D eigenvalue weighted by Crippen LogP contribution is 2.23. The molecule has 3 rings (SSSR count).